The standard InChI is InChI=1S/C16H20N4O/c1-12(2)9-20-16(17-11-18-20)10-19-8-7-15(21)13-5-3-4-6-14(13)19/h3-6,11-12H,7-10H2,1-2H3. The first kappa shape index (κ1) is 13.8. The van der Waals surface area contributed by atoms with Crippen LogP contribution in [0.25, 0.3) is 0 Å². The molecule has 1 aliphatic heterocycles. The van der Waals surface area contributed by atoms with Gasteiger partial charge in [-0.05, 0) is 18.1 Å². The third kappa shape index (κ3) is 2.82. The summed E-state index contributed by atoms with van der Waals surface area (Å²) in [5.41, 5.74) is 1.83. The van der Waals surface area contributed by atoms with Crippen LogP contribution in [0.1, 0.15) is 36.5 Å². The molecule has 2 aromatic rings. The van der Waals surface area contributed by atoms with Crippen LogP contribution >= 0.6 is 0 Å². The Morgan fingerprint density at radius 1 is 1.29 bits per heavy atom. The summed E-state index contributed by atoms with van der Waals surface area (Å²) in [5.74, 6) is 1.71. The van der Waals surface area contributed by atoms with E-state index in [1.807, 2.05) is 28.9 Å². The highest BCUT2D eigenvalue weighted by molar-refractivity contribution is 6.03. The summed E-state index contributed by atoms with van der Waals surface area (Å²) in [7, 11) is 0. The van der Waals surface area contributed by atoms with Gasteiger partial charge in [-0.1, -0.05) is 26.0 Å². The third-order valence-electron chi connectivity index (χ3n) is 3.72. The quantitative estimate of drug-likeness (QED) is 0.865. The molecule has 0 spiro atoms. The largest absolute Gasteiger partial charge is 0.363 e. The minimum absolute atomic E-state index is 0.227. The Hall–Kier alpha value is -2.17. The molecule has 0 amide bonds. The first-order valence-electron chi connectivity index (χ1n) is 7.39. The van der Waals surface area contributed by atoms with E-state index in [0.717, 1.165) is 30.2 Å². The maximum Gasteiger partial charge on any atom is 0.166 e. The fourth-order valence-electron chi connectivity index (χ4n) is 2.72. The number of hydrogen-bond acceptors (Lipinski definition) is 4. The van der Waals surface area contributed by atoms with Crippen LogP contribution in [0, 0.1) is 5.92 Å². The SMILES string of the molecule is CC(C)Cn1ncnc1CN1CCC(=O)c2ccccc21. The zero-order valence-electron chi connectivity index (χ0n) is 12.5. The number of aromatic nitrogens is 3. The highest BCUT2D eigenvalue weighted by atomic mass is 16.1. The second-order valence-electron chi connectivity index (χ2n) is 5.86. The van der Waals surface area contributed by atoms with E-state index in [4.69, 9.17) is 0 Å². The Labute approximate surface area is 124 Å². The predicted octanol–water partition coefficient (Wildman–Crippen LogP) is 2.53. The van der Waals surface area contributed by atoms with Crippen molar-refractivity contribution in [1.29, 1.82) is 0 Å². The molecule has 0 saturated heterocycles. The molecule has 0 saturated carbocycles. The Bertz CT molecular complexity index is 647. The fourth-order valence-corrected chi connectivity index (χ4v) is 2.72. The third-order valence-corrected chi connectivity index (χ3v) is 3.72. The number of nitrogens with zero attached hydrogens (tertiary/aromatic N) is 4. The molecule has 2 heterocycles. The number of Topliss-reactive ketones (excluding diaryl/α,β-unsaturated/α-hetero) is 1. The van der Waals surface area contributed by atoms with Crippen molar-refractivity contribution in [1.82, 2.24) is 14.8 Å². The van der Waals surface area contributed by atoms with Gasteiger partial charge >= 0.3 is 0 Å². The maximum atomic E-state index is 12.0. The van der Waals surface area contributed by atoms with Crippen LogP contribution in [-0.2, 0) is 13.1 Å². The molecular weight excluding hydrogens is 264 g/mol. The van der Waals surface area contributed by atoms with Crippen LogP contribution in [0.5, 0.6) is 0 Å². The number of fused-ring (bicyclic) bond motifs is 1. The van der Waals surface area contributed by atoms with E-state index < -0.39 is 0 Å². The number of rotatable bonds is 4. The average Bonchev–Trinajstić information content (AvgIpc) is 2.89. The molecule has 0 fully saturated rings. The molecule has 21 heavy (non-hydrogen) atoms. The molecule has 0 radical (unpaired) electrons. The summed E-state index contributed by atoms with van der Waals surface area (Å²) < 4.78 is 1.96. The average molecular weight is 284 g/mol. The van der Waals surface area contributed by atoms with Crippen molar-refractivity contribution in [3.63, 3.8) is 0 Å². The van der Waals surface area contributed by atoms with Crippen LogP contribution < -0.4 is 4.90 Å². The van der Waals surface area contributed by atoms with Crippen molar-refractivity contribution in [2.75, 3.05) is 11.4 Å². The Kier molecular flexibility index (Phi) is 3.73. The van der Waals surface area contributed by atoms with Crippen LogP contribution in [0.2, 0.25) is 0 Å². The van der Waals surface area contributed by atoms with Gasteiger partial charge in [0.05, 0.1) is 6.54 Å². The van der Waals surface area contributed by atoms with E-state index in [0.29, 0.717) is 18.9 Å². The van der Waals surface area contributed by atoms with E-state index in [9.17, 15) is 4.79 Å². The van der Waals surface area contributed by atoms with Crippen molar-refractivity contribution in [3.05, 3.63) is 42.0 Å². The molecule has 0 atom stereocenters. The summed E-state index contributed by atoms with van der Waals surface area (Å²) in [4.78, 5) is 18.6. The molecule has 1 aromatic heterocycles. The van der Waals surface area contributed by atoms with Crippen LogP contribution in [0.3, 0.4) is 0 Å². The second kappa shape index (κ2) is 5.68. The molecule has 110 valence electrons. The fraction of sp³-hybridized carbons (Fsp3) is 0.438. The van der Waals surface area contributed by atoms with Gasteiger partial charge in [0.15, 0.2) is 5.78 Å². The number of carbonyl (C=O) groups excluding carboxylic acids is 1. The number of para-hydroxylation sites is 1. The second-order valence-corrected chi connectivity index (χ2v) is 5.86. The minimum atomic E-state index is 0.227. The van der Waals surface area contributed by atoms with Gasteiger partial charge in [0.1, 0.15) is 12.2 Å². The number of hydrogen-bond donors (Lipinski definition) is 0. The zero-order valence-corrected chi connectivity index (χ0v) is 12.5. The van der Waals surface area contributed by atoms with Gasteiger partial charge in [-0.15, -0.1) is 0 Å². The van der Waals surface area contributed by atoms with Crippen molar-refractivity contribution >= 4 is 11.5 Å². The van der Waals surface area contributed by atoms with Gasteiger partial charge in [-0.2, -0.15) is 5.10 Å². The Morgan fingerprint density at radius 2 is 2.10 bits per heavy atom. The van der Waals surface area contributed by atoms with E-state index in [1.165, 1.54) is 0 Å². The molecule has 5 nitrogen and oxygen atoms in total. The molecule has 3 rings (SSSR count). The van der Waals surface area contributed by atoms with Crippen molar-refractivity contribution < 1.29 is 4.79 Å². The van der Waals surface area contributed by atoms with Gasteiger partial charge in [-0.3, -0.25) is 4.79 Å². The first-order valence-corrected chi connectivity index (χ1v) is 7.39. The molecular formula is C16H20N4O. The lowest BCUT2D eigenvalue weighted by Gasteiger charge is -2.30. The van der Waals surface area contributed by atoms with Crippen LogP contribution in [-0.4, -0.2) is 27.1 Å². The van der Waals surface area contributed by atoms with Gasteiger partial charge in [0.25, 0.3) is 0 Å². The summed E-state index contributed by atoms with van der Waals surface area (Å²) in [6.45, 7) is 6.63. The lowest BCUT2D eigenvalue weighted by Crippen LogP contribution is -2.32. The van der Waals surface area contributed by atoms with Crippen LogP contribution in [0.15, 0.2) is 30.6 Å². The number of benzene rings is 1. The summed E-state index contributed by atoms with van der Waals surface area (Å²) >= 11 is 0. The number of ketones is 1. The molecule has 0 N–H and O–H groups in total. The van der Waals surface area contributed by atoms with Gasteiger partial charge in [-0.25, -0.2) is 9.67 Å². The van der Waals surface area contributed by atoms with Crippen molar-refractivity contribution in [2.45, 2.75) is 33.4 Å². The molecule has 1 aromatic carbocycles. The molecule has 5 heteroatoms. The highest BCUT2D eigenvalue weighted by Gasteiger charge is 2.23. The molecule has 1 aliphatic rings. The normalized spacial score (nSPS) is 14.6. The number of carbonyl (C=O) groups is 1. The molecule has 0 aliphatic carbocycles. The lowest BCUT2D eigenvalue weighted by atomic mass is 10.0. The maximum absolute atomic E-state index is 12.0. The minimum Gasteiger partial charge on any atom is -0.363 e. The topological polar surface area (TPSA) is 51.0 Å². The molecule has 0 unspecified atom stereocenters. The lowest BCUT2D eigenvalue weighted by molar-refractivity contribution is 0.0979. The smallest absolute Gasteiger partial charge is 0.166 e. The van der Waals surface area contributed by atoms with E-state index in [2.05, 4.69) is 28.8 Å². The Morgan fingerprint density at radius 3 is 2.90 bits per heavy atom. The summed E-state index contributed by atoms with van der Waals surface area (Å²) in [6.07, 6.45) is 2.17. The monoisotopic (exact) mass is 284 g/mol. The predicted molar refractivity (Wildman–Crippen MR) is 81.3 cm³/mol. The molecule has 0 bridgehead atoms. The summed E-state index contributed by atoms with van der Waals surface area (Å²) in [5, 5.41) is 4.30. The van der Waals surface area contributed by atoms with Gasteiger partial charge < -0.3 is 4.90 Å². The van der Waals surface area contributed by atoms with E-state index in [1.54, 1.807) is 6.33 Å². The van der Waals surface area contributed by atoms with Crippen molar-refractivity contribution in [2.24, 2.45) is 5.92 Å². The van der Waals surface area contributed by atoms with Crippen molar-refractivity contribution in [3.8, 4) is 0 Å². The summed E-state index contributed by atoms with van der Waals surface area (Å²) in [6, 6.07) is 7.81. The highest BCUT2D eigenvalue weighted by Crippen LogP contribution is 2.27. The van der Waals surface area contributed by atoms with E-state index in [-0.39, 0.29) is 5.78 Å². The van der Waals surface area contributed by atoms with Gasteiger partial charge in [0.2, 0.25) is 0 Å². The first-order chi connectivity index (χ1) is 10.1. The van der Waals surface area contributed by atoms with E-state index >= 15 is 0 Å². The zero-order chi connectivity index (χ0) is 14.8. The van der Waals surface area contributed by atoms with Gasteiger partial charge in [0, 0.05) is 30.8 Å². The number of anilines is 1. The Balaban J connectivity index is 1.85. The van der Waals surface area contributed by atoms with Crippen LogP contribution in [0.4, 0.5) is 5.69 Å².